The third-order valence-corrected chi connectivity index (χ3v) is 2.37. The van der Waals surface area contributed by atoms with Gasteiger partial charge in [-0.2, -0.15) is 5.26 Å². The molecular formula is C10H10BrN3O. The molecule has 0 aliphatic carbocycles. The molecule has 1 aromatic rings. The maximum atomic E-state index is 11.8. The van der Waals surface area contributed by atoms with Gasteiger partial charge in [0.1, 0.15) is 11.1 Å². The zero-order valence-electron chi connectivity index (χ0n) is 8.27. The number of aromatic nitrogens is 1. The summed E-state index contributed by atoms with van der Waals surface area (Å²) in [5, 5.41) is 8.54. The predicted molar refractivity (Wildman–Crippen MR) is 59.1 cm³/mol. The highest BCUT2D eigenvalue weighted by Crippen LogP contribution is 2.08. The first-order chi connectivity index (χ1) is 7.19. The minimum atomic E-state index is -0.168. The zero-order chi connectivity index (χ0) is 11.3. The minimum absolute atomic E-state index is 0.103. The van der Waals surface area contributed by atoms with Gasteiger partial charge in [-0.15, -0.1) is 0 Å². The minimum Gasteiger partial charge on any atom is -0.326 e. The van der Waals surface area contributed by atoms with Crippen molar-refractivity contribution in [1.29, 1.82) is 5.26 Å². The van der Waals surface area contributed by atoms with Crippen LogP contribution >= 0.6 is 15.9 Å². The van der Waals surface area contributed by atoms with Crippen LogP contribution in [-0.2, 0) is 0 Å². The van der Waals surface area contributed by atoms with Crippen LogP contribution in [-0.4, -0.2) is 28.9 Å². The summed E-state index contributed by atoms with van der Waals surface area (Å²) >= 11 is 3.19. The summed E-state index contributed by atoms with van der Waals surface area (Å²) in [5.74, 6) is -0.168. The van der Waals surface area contributed by atoms with Gasteiger partial charge in [0, 0.05) is 12.7 Å². The van der Waals surface area contributed by atoms with Crippen molar-refractivity contribution in [2.45, 2.75) is 6.92 Å². The molecular weight excluding hydrogens is 258 g/mol. The van der Waals surface area contributed by atoms with Gasteiger partial charge in [-0.25, -0.2) is 4.98 Å². The first-order valence-corrected chi connectivity index (χ1v) is 5.26. The van der Waals surface area contributed by atoms with Gasteiger partial charge >= 0.3 is 0 Å². The molecule has 1 rings (SSSR count). The normalized spacial score (nSPS) is 9.40. The lowest BCUT2D eigenvalue weighted by molar-refractivity contribution is 0.0783. The summed E-state index contributed by atoms with van der Waals surface area (Å²) in [6, 6.07) is 5.34. The topological polar surface area (TPSA) is 57.0 Å². The summed E-state index contributed by atoms with van der Waals surface area (Å²) in [6.45, 7) is 2.45. The van der Waals surface area contributed by atoms with E-state index in [1.807, 2.05) is 13.0 Å². The van der Waals surface area contributed by atoms with E-state index in [9.17, 15) is 4.79 Å². The van der Waals surface area contributed by atoms with Crippen molar-refractivity contribution < 1.29 is 4.79 Å². The number of rotatable bonds is 3. The Bertz CT molecular complexity index is 383. The molecule has 0 unspecified atom stereocenters. The van der Waals surface area contributed by atoms with E-state index >= 15 is 0 Å². The Kier molecular flexibility index (Phi) is 4.25. The van der Waals surface area contributed by atoms with E-state index in [-0.39, 0.29) is 12.5 Å². The maximum absolute atomic E-state index is 11.8. The summed E-state index contributed by atoms with van der Waals surface area (Å²) in [6.07, 6.45) is 1.49. The number of carbonyl (C=O) groups is 1. The molecule has 1 amide bonds. The molecule has 0 saturated heterocycles. The lowest BCUT2D eigenvalue weighted by Gasteiger charge is -2.16. The van der Waals surface area contributed by atoms with Gasteiger partial charge < -0.3 is 4.90 Å². The van der Waals surface area contributed by atoms with Crippen molar-refractivity contribution >= 4 is 21.8 Å². The molecule has 5 heteroatoms. The summed E-state index contributed by atoms with van der Waals surface area (Å²) in [5.41, 5.74) is 0.496. The van der Waals surface area contributed by atoms with Gasteiger partial charge in [-0.05, 0) is 35.0 Å². The zero-order valence-corrected chi connectivity index (χ0v) is 9.86. The standard InChI is InChI=1S/C10H10BrN3O/c1-2-14(6-5-12)10(15)8-3-4-9(11)13-7-8/h3-4,7H,2,6H2,1H3. The summed E-state index contributed by atoms with van der Waals surface area (Å²) in [7, 11) is 0. The van der Waals surface area contributed by atoms with Crippen LogP contribution in [0.5, 0.6) is 0 Å². The van der Waals surface area contributed by atoms with Crippen molar-refractivity contribution in [3.63, 3.8) is 0 Å². The molecule has 0 N–H and O–H groups in total. The lowest BCUT2D eigenvalue weighted by atomic mass is 10.2. The lowest BCUT2D eigenvalue weighted by Crippen LogP contribution is -2.31. The molecule has 1 aromatic heterocycles. The summed E-state index contributed by atoms with van der Waals surface area (Å²) in [4.78, 5) is 17.2. The van der Waals surface area contributed by atoms with Crippen LogP contribution in [0.1, 0.15) is 17.3 Å². The molecule has 0 bridgehead atoms. The Hall–Kier alpha value is -1.41. The molecule has 1 heterocycles. The third kappa shape index (κ3) is 3.03. The van der Waals surface area contributed by atoms with Crippen LogP contribution in [0.4, 0.5) is 0 Å². The van der Waals surface area contributed by atoms with Crippen LogP contribution in [0.2, 0.25) is 0 Å². The number of hydrogen-bond donors (Lipinski definition) is 0. The Balaban J connectivity index is 2.84. The van der Waals surface area contributed by atoms with E-state index in [0.29, 0.717) is 16.7 Å². The van der Waals surface area contributed by atoms with Gasteiger partial charge in [0.25, 0.3) is 5.91 Å². The second kappa shape index (κ2) is 5.47. The third-order valence-electron chi connectivity index (χ3n) is 1.90. The first-order valence-electron chi connectivity index (χ1n) is 4.46. The van der Waals surface area contributed by atoms with E-state index in [1.165, 1.54) is 11.1 Å². The first kappa shape index (κ1) is 11.7. The number of nitrogens with zero attached hydrogens (tertiary/aromatic N) is 3. The van der Waals surface area contributed by atoms with Crippen LogP contribution in [0.25, 0.3) is 0 Å². The highest BCUT2D eigenvalue weighted by atomic mass is 79.9. The van der Waals surface area contributed by atoms with Crippen LogP contribution in [0.15, 0.2) is 22.9 Å². The van der Waals surface area contributed by atoms with Crippen LogP contribution in [0.3, 0.4) is 0 Å². The molecule has 0 fully saturated rings. The average molecular weight is 268 g/mol. The van der Waals surface area contributed by atoms with Crippen molar-refractivity contribution in [2.75, 3.05) is 13.1 Å². The Labute approximate surface area is 96.7 Å². The van der Waals surface area contributed by atoms with Crippen LogP contribution < -0.4 is 0 Å². The second-order valence-corrected chi connectivity index (χ2v) is 3.66. The highest BCUT2D eigenvalue weighted by Gasteiger charge is 2.13. The van der Waals surface area contributed by atoms with E-state index in [0.717, 1.165) is 0 Å². The van der Waals surface area contributed by atoms with Crippen molar-refractivity contribution in [3.8, 4) is 6.07 Å². The van der Waals surface area contributed by atoms with E-state index in [4.69, 9.17) is 5.26 Å². The van der Waals surface area contributed by atoms with Crippen molar-refractivity contribution in [1.82, 2.24) is 9.88 Å². The van der Waals surface area contributed by atoms with Gasteiger partial charge in [0.2, 0.25) is 0 Å². The molecule has 0 spiro atoms. The molecule has 78 valence electrons. The van der Waals surface area contributed by atoms with E-state index in [2.05, 4.69) is 20.9 Å². The Morgan fingerprint density at radius 2 is 2.40 bits per heavy atom. The maximum Gasteiger partial charge on any atom is 0.256 e. The fourth-order valence-corrected chi connectivity index (χ4v) is 1.33. The number of hydrogen-bond acceptors (Lipinski definition) is 3. The van der Waals surface area contributed by atoms with Gasteiger partial charge in [-0.3, -0.25) is 4.79 Å². The van der Waals surface area contributed by atoms with E-state index in [1.54, 1.807) is 12.1 Å². The fourth-order valence-electron chi connectivity index (χ4n) is 1.10. The van der Waals surface area contributed by atoms with Crippen LogP contribution in [0, 0.1) is 11.3 Å². The molecule has 4 nitrogen and oxygen atoms in total. The Morgan fingerprint density at radius 1 is 1.67 bits per heavy atom. The predicted octanol–water partition coefficient (Wildman–Crippen LogP) is 1.83. The molecule has 0 aliphatic heterocycles. The molecule has 0 aromatic carbocycles. The van der Waals surface area contributed by atoms with E-state index < -0.39 is 0 Å². The molecule has 15 heavy (non-hydrogen) atoms. The van der Waals surface area contributed by atoms with Crippen molar-refractivity contribution in [2.24, 2.45) is 0 Å². The number of carbonyl (C=O) groups excluding carboxylic acids is 1. The Morgan fingerprint density at radius 3 is 2.87 bits per heavy atom. The number of halogens is 1. The SMILES string of the molecule is CCN(CC#N)C(=O)c1ccc(Br)nc1. The quantitative estimate of drug-likeness (QED) is 0.620. The number of nitriles is 1. The summed E-state index contributed by atoms with van der Waals surface area (Å²) < 4.78 is 0.683. The average Bonchev–Trinajstić information content (AvgIpc) is 2.26. The smallest absolute Gasteiger partial charge is 0.256 e. The molecule has 0 saturated carbocycles. The second-order valence-electron chi connectivity index (χ2n) is 2.85. The highest BCUT2D eigenvalue weighted by molar-refractivity contribution is 9.10. The molecule has 0 atom stereocenters. The van der Waals surface area contributed by atoms with Crippen molar-refractivity contribution in [3.05, 3.63) is 28.5 Å². The van der Waals surface area contributed by atoms with Gasteiger partial charge in [0.05, 0.1) is 11.6 Å². The molecule has 0 aliphatic rings. The molecule has 0 radical (unpaired) electrons. The monoisotopic (exact) mass is 267 g/mol. The number of amides is 1. The largest absolute Gasteiger partial charge is 0.326 e. The fraction of sp³-hybridized carbons (Fsp3) is 0.300. The number of pyridine rings is 1. The van der Waals surface area contributed by atoms with Gasteiger partial charge in [-0.1, -0.05) is 0 Å². The van der Waals surface area contributed by atoms with Gasteiger partial charge in [0.15, 0.2) is 0 Å².